The zero-order valence-electron chi connectivity index (χ0n) is 19.0. The van der Waals surface area contributed by atoms with E-state index in [1.165, 1.54) is 4.90 Å². The van der Waals surface area contributed by atoms with Crippen LogP contribution < -0.4 is 14.8 Å². The Kier molecular flexibility index (Phi) is 6.44. The zero-order valence-corrected chi connectivity index (χ0v) is 20.7. The average molecular weight is 497 g/mol. The van der Waals surface area contributed by atoms with E-state index in [0.717, 1.165) is 22.4 Å². The molecule has 2 aliphatic heterocycles. The fraction of sp³-hybridized carbons (Fsp3) is 0.292. The molecule has 2 aromatic carbocycles. The molecule has 1 unspecified atom stereocenters. The maximum atomic E-state index is 5.80. The summed E-state index contributed by atoms with van der Waals surface area (Å²) in [7, 11) is 1.67. The van der Waals surface area contributed by atoms with Crippen LogP contribution in [0.3, 0.4) is 0 Å². The Morgan fingerprint density at radius 1 is 1.18 bits per heavy atom. The first-order chi connectivity index (χ1) is 16.6. The Morgan fingerprint density at radius 3 is 2.74 bits per heavy atom. The van der Waals surface area contributed by atoms with Crippen LogP contribution in [-0.4, -0.2) is 53.5 Å². The summed E-state index contributed by atoms with van der Waals surface area (Å²) in [5, 5.41) is 8.36. The number of thioether (sulfide) groups is 1. The average Bonchev–Trinajstić information content (AvgIpc) is 3.53. The molecule has 0 radical (unpaired) electrons. The largest absolute Gasteiger partial charge is 0.454 e. The predicted octanol–water partition coefficient (Wildman–Crippen LogP) is 4.50. The van der Waals surface area contributed by atoms with Crippen LogP contribution in [-0.2, 0) is 4.74 Å². The number of benzene rings is 2. The molecule has 0 amide bonds. The fourth-order valence-corrected chi connectivity index (χ4v) is 4.80. The van der Waals surface area contributed by atoms with Crippen molar-refractivity contribution in [3.05, 3.63) is 59.6 Å². The second-order valence-electron chi connectivity index (χ2n) is 7.79. The van der Waals surface area contributed by atoms with Crippen molar-refractivity contribution in [1.29, 1.82) is 0 Å². The minimum Gasteiger partial charge on any atom is -0.454 e. The van der Waals surface area contributed by atoms with Gasteiger partial charge >= 0.3 is 0 Å². The summed E-state index contributed by atoms with van der Waals surface area (Å²) < 4.78 is 22.0. The van der Waals surface area contributed by atoms with Crippen LogP contribution in [0.4, 0.5) is 0 Å². The summed E-state index contributed by atoms with van der Waals surface area (Å²) >= 11 is 7.40. The third-order valence-corrected chi connectivity index (χ3v) is 6.93. The molecule has 0 spiro atoms. The number of thiocarbonyl (C=S) groups is 1. The van der Waals surface area contributed by atoms with E-state index in [-0.39, 0.29) is 12.8 Å². The van der Waals surface area contributed by atoms with Gasteiger partial charge in [-0.2, -0.15) is 4.98 Å². The van der Waals surface area contributed by atoms with Crippen molar-refractivity contribution in [1.82, 2.24) is 20.4 Å². The molecule has 176 valence electrons. The maximum Gasteiger partial charge on any atom is 0.258 e. The van der Waals surface area contributed by atoms with E-state index >= 15 is 0 Å². The number of hydrogen-bond acceptors (Lipinski definition) is 8. The van der Waals surface area contributed by atoms with Gasteiger partial charge in [-0.3, -0.25) is 0 Å². The standard InChI is InChI=1S/C24H24N4O4S2/c1-14-20(23-26-22(27-32-23)16-6-9-18-19(12-16)31-13-30-18)21(15-4-7-17(34-3)8-5-15)25-24(33)28(14)10-11-29-2/h4-9,12,21H,10-11,13H2,1-3H3,(H,25,33). The van der Waals surface area contributed by atoms with Gasteiger partial charge in [0.15, 0.2) is 16.6 Å². The summed E-state index contributed by atoms with van der Waals surface area (Å²) in [6.45, 7) is 3.37. The van der Waals surface area contributed by atoms with Gasteiger partial charge in [-0.15, -0.1) is 11.8 Å². The smallest absolute Gasteiger partial charge is 0.258 e. The molecule has 10 heteroatoms. The lowest BCUT2D eigenvalue weighted by Gasteiger charge is -2.37. The molecule has 0 saturated carbocycles. The highest BCUT2D eigenvalue weighted by Gasteiger charge is 2.34. The van der Waals surface area contributed by atoms with E-state index in [9.17, 15) is 0 Å². The van der Waals surface area contributed by atoms with Crippen molar-refractivity contribution < 1.29 is 18.7 Å². The Bertz CT molecular complexity index is 1240. The van der Waals surface area contributed by atoms with Crippen molar-refractivity contribution in [3.63, 3.8) is 0 Å². The monoisotopic (exact) mass is 496 g/mol. The van der Waals surface area contributed by atoms with Crippen molar-refractivity contribution in [2.75, 3.05) is 33.3 Å². The Labute approximate surface area is 207 Å². The van der Waals surface area contributed by atoms with Crippen LogP contribution >= 0.6 is 24.0 Å². The predicted molar refractivity (Wildman–Crippen MR) is 134 cm³/mol. The summed E-state index contributed by atoms with van der Waals surface area (Å²) in [6, 6.07) is 13.8. The maximum absolute atomic E-state index is 5.80. The van der Waals surface area contributed by atoms with Gasteiger partial charge in [0.1, 0.15) is 0 Å². The van der Waals surface area contributed by atoms with Crippen molar-refractivity contribution >= 4 is 34.7 Å². The molecule has 2 aliphatic rings. The van der Waals surface area contributed by atoms with E-state index in [1.54, 1.807) is 18.9 Å². The number of fused-ring (bicyclic) bond motifs is 1. The minimum absolute atomic E-state index is 0.211. The van der Waals surface area contributed by atoms with Gasteiger partial charge in [0.2, 0.25) is 12.6 Å². The number of aromatic nitrogens is 2. The first-order valence-electron chi connectivity index (χ1n) is 10.7. The highest BCUT2D eigenvalue weighted by atomic mass is 32.2. The lowest BCUT2D eigenvalue weighted by Crippen LogP contribution is -2.47. The van der Waals surface area contributed by atoms with Crippen LogP contribution in [0.5, 0.6) is 11.5 Å². The SMILES string of the molecule is COCCN1C(=S)NC(c2ccc(SC)cc2)C(c2nc(-c3ccc4c(c3)OCO4)no2)=C1C. The molecule has 1 N–H and O–H groups in total. The fourth-order valence-electron chi connectivity index (χ4n) is 4.04. The van der Waals surface area contributed by atoms with Gasteiger partial charge in [0, 0.05) is 29.8 Å². The number of hydrogen-bond donors (Lipinski definition) is 1. The van der Waals surface area contributed by atoms with Crippen LogP contribution in [0.2, 0.25) is 0 Å². The summed E-state index contributed by atoms with van der Waals surface area (Å²) in [5.41, 5.74) is 3.67. The summed E-state index contributed by atoms with van der Waals surface area (Å²) in [4.78, 5) is 7.95. The summed E-state index contributed by atoms with van der Waals surface area (Å²) in [5.74, 6) is 2.28. The molecule has 3 heterocycles. The van der Waals surface area contributed by atoms with Crippen LogP contribution in [0, 0.1) is 0 Å². The van der Waals surface area contributed by atoms with E-state index in [2.05, 4.69) is 41.0 Å². The quantitative estimate of drug-likeness (QED) is 0.373. The van der Waals surface area contributed by atoms with Crippen molar-refractivity contribution in [2.24, 2.45) is 0 Å². The summed E-state index contributed by atoms with van der Waals surface area (Å²) in [6.07, 6.45) is 2.06. The third kappa shape index (κ3) is 4.24. The van der Waals surface area contributed by atoms with Crippen LogP contribution in [0.25, 0.3) is 17.0 Å². The van der Waals surface area contributed by atoms with Gasteiger partial charge in [0.05, 0.1) is 18.2 Å². The number of ether oxygens (including phenoxy) is 3. The first-order valence-corrected chi connectivity index (χ1v) is 12.4. The normalized spacial score (nSPS) is 17.3. The number of nitrogens with zero attached hydrogens (tertiary/aromatic N) is 3. The molecule has 1 atom stereocenters. The highest BCUT2D eigenvalue weighted by molar-refractivity contribution is 7.98. The molecular formula is C24H24N4O4S2. The molecular weight excluding hydrogens is 472 g/mol. The Morgan fingerprint density at radius 2 is 1.97 bits per heavy atom. The lowest BCUT2D eigenvalue weighted by atomic mass is 9.95. The van der Waals surface area contributed by atoms with Crippen molar-refractivity contribution in [3.8, 4) is 22.9 Å². The third-order valence-electron chi connectivity index (χ3n) is 5.85. The van der Waals surface area contributed by atoms with Gasteiger partial charge in [-0.05, 0) is 61.3 Å². The Balaban J connectivity index is 1.55. The molecule has 0 saturated heterocycles. The minimum atomic E-state index is -0.229. The lowest BCUT2D eigenvalue weighted by molar-refractivity contribution is 0.174. The van der Waals surface area contributed by atoms with E-state index in [1.807, 2.05) is 30.0 Å². The Hall–Kier alpha value is -3.08. The van der Waals surface area contributed by atoms with E-state index < -0.39 is 0 Å². The molecule has 0 bridgehead atoms. The molecule has 1 aromatic heterocycles. The number of nitrogens with one attached hydrogen (secondary N) is 1. The molecule has 34 heavy (non-hydrogen) atoms. The van der Waals surface area contributed by atoms with Gasteiger partial charge in [-0.25, -0.2) is 0 Å². The molecule has 0 aliphatic carbocycles. The van der Waals surface area contributed by atoms with E-state index in [0.29, 0.717) is 41.5 Å². The molecule has 5 rings (SSSR count). The molecule has 3 aromatic rings. The highest BCUT2D eigenvalue weighted by Crippen LogP contribution is 2.39. The second-order valence-corrected chi connectivity index (χ2v) is 9.06. The number of rotatable bonds is 7. The van der Waals surface area contributed by atoms with Gasteiger partial charge < -0.3 is 29.0 Å². The molecule has 8 nitrogen and oxygen atoms in total. The molecule has 0 fully saturated rings. The van der Waals surface area contributed by atoms with Crippen molar-refractivity contribution in [2.45, 2.75) is 17.9 Å². The first kappa shape index (κ1) is 22.7. The number of methoxy groups -OCH3 is 1. The van der Waals surface area contributed by atoms with Gasteiger partial charge in [0.25, 0.3) is 5.89 Å². The second kappa shape index (κ2) is 9.65. The number of allylic oxidation sites excluding steroid dienone is 1. The zero-order chi connectivity index (χ0) is 23.7. The van der Waals surface area contributed by atoms with E-state index in [4.69, 9.17) is 35.9 Å². The topological polar surface area (TPSA) is 81.9 Å². The van der Waals surface area contributed by atoms with Gasteiger partial charge in [-0.1, -0.05) is 17.3 Å². The van der Waals surface area contributed by atoms with Crippen LogP contribution in [0.1, 0.15) is 24.4 Å². The van der Waals surface area contributed by atoms with Crippen LogP contribution in [0.15, 0.2) is 57.6 Å².